The maximum atomic E-state index is 14.5. The van der Waals surface area contributed by atoms with Crippen molar-refractivity contribution in [1.29, 1.82) is 0 Å². The minimum Gasteiger partial charge on any atom is -0.459 e. The van der Waals surface area contributed by atoms with Crippen molar-refractivity contribution in [3.05, 3.63) is 179 Å². The number of hydrogen-bond acceptors (Lipinski definition) is 26. The van der Waals surface area contributed by atoms with E-state index in [0.29, 0.717) is 0 Å². The van der Waals surface area contributed by atoms with Crippen molar-refractivity contribution in [1.82, 2.24) is 5.32 Å². The van der Waals surface area contributed by atoms with Crippen molar-refractivity contribution in [2.45, 2.75) is 130 Å². The highest BCUT2D eigenvalue weighted by Gasteiger charge is 2.59. The lowest BCUT2D eigenvalue weighted by Gasteiger charge is -2.50. The second-order valence-electron chi connectivity index (χ2n) is 20.7. The maximum Gasteiger partial charge on any atom is 0.338 e. The topological polar surface area (TPSA) is 387 Å². The highest BCUT2D eigenvalue weighted by molar-refractivity contribution is 5.91. The zero-order valence-electron chi connectivity index (χ0n) is 46.7. The van der Waals surface area contributed by atoms with E-state index in [2.05, 4.69) is 5.32 Å². The van der Waals surface area contributed by atoms with Crippen molar-refractivity contribution >= 4 is 35.8 Å². The van der Waals surface area contributed by atoms with Crippen molar-refractivity contribution in [2.75, 3.05) is 26.4 Å². The molecule has 1 amide bonds. The summed E-state index contributed by atoms with van der Waals surface area (Å²) in [5, 5.41) is 91.8. The quantitative estimate of drug-likeness (QED) is 0.0337. The van der Waals surface area contributed by atoms with Crippen LogP contribution in [0.2, 0.25) is 0 Å². The lowest BCUT2D eigenvalue weighted by Crippen LogP contribution is -2.70. The number of carbonyl (C=O) groups excluding carboxylic acids is 6. The van der Waals surface area contributed by atoms with Crippen molar-refractivity contribution in [3.8, 4) is 0 Å². The molecule has 0 aromatic heterocycles. The second-order valence-corrected chi connectivity index (χ2v) is 20.7. The van der Waals surface area contributed by atoms with Gasteiger partial charge in [-0.1, -0.05) is 91.0 Å². The van der Waals surface area contributed by atoms with Gasteiger partial charge in [-0.15, -0.1) is 0 Å². The Labute approximate surface area is 501 Å². The second kappa shape index (κ2) is 30.0. The summed E-state index contributed by atoms with van der Waals surface area (Å²) in [5.74, 6) is -6.00. The fourth-order valence-electron chi connectivity index (χ4n) is 10.2. The van der Waals surface area contributed by atoms with Gasteiger partial charge in [0.25, 0.3) is 0 Å². The number of ether oxygens (including phenoxy) is 12. The maximum absolute atomic E-state index is 14.5. The Morgan fingerprint density at radius 3 is 1.24 bits per heavy atom. The molecule has 27 nitrogen and oxygen atoms in total. The van der Waals surface area contributed by atoms with Crippen LogP contribution in [-0.4, -0.2) is 226 Å². The molecule has 88 heavy (non-hydrogen) atoms. The molecule has 5 aromatic carbocycles. The van der Waals surface area contributed by atoms with Gasteiger partial charge < -0.3 is 103 Å². The molecule has 9 rings (SSSR count). The van der Waals surface area contributed by atoms with Crippen LogP contribution in [0.3, 0.4) is 0 Å². The molecule has 0 aliphatic carbocycles. The summed E-state index contributed by atoms with van der Waals surface area (Å²) in [6, 6.07) is 35.5. The fraction of sp³-hybridized carbons (Fsp3) is 0.410. The van der Waals surface area contributed by atoms with Crippen LogP contribution in [0.4, 0.5) is 0 Å². The van der Waals surface area contributed by atoms with Crippen LogP contribution in [0, 0.1) is 0 Å². The van der Waals surface area contributed by atoms with Crippen LogP contribution < -0.4 is 5.32 Å². The van der Waals surface area contributed by atoms with E-state index < -0.39 is 185 Å². The molecule has 470 valence electrons. The van der Waals surface area contributed by atoms with Crippen molar-refractivity contribution in [2.24, 2.45) is 0 Å². The van der Waals surface area contributed by atoms with Gasteiger partial charge in [-0.05, 0) is 60.7 Å². The van der Waals surface area contributed by atoms with Crippen LogP contribution in [0.5, 0.6) is 0 Å². The van der Waals surface area contributed by atoms with Crippen molar-refractivity contribution < 1.29 is 126 Å². The number of amides is 1. The molecule has 4 saturated heterocycles. The van der Waals surface area contributed by atoms with E-state index in [-0.39, 0.29) is 27.8 Å². The molecule has 4 heterocycles. The molecule has 4 aliphatic heterocycles. The van der Waals surface area contributed by atoms with Gasteiger partial charge in [-0.25, -0.2) is 24.0 Å². The molecule has 27 heteroatoms. The smallest absolute Gasteiger partial charge is 0.338 e. The SMILES string of the molecule is CC(=O)NC1C(OC2C(O)C(COC(=O)c3ccccc3)OC(OC3C(COC(=O)c4ccccc4)OC(O)C(OC(=O)c4ccccc4)C3OC(=O)c3ccccc3)C2OC(=O)c2ccccc2)OC(CO)C(OC2OC(CO)C(O)C(O)C2O)C1O. The largest absolute Gasteiger partial charge is 0.459 e. The third-order valence-electron chi connectivity index (χ3n) is 14.7. The first-order chi connectivity index (χ1) is 42.4. The highest BCUT2D eigenvalue weighted by Crippen LogP contribution is 2.38. The predicted molar refractivity (Wildman–Crippen MR) is 294 cm³/mol. The molecule has 20 atom stereocenters. The number of aliphatic hydroxyl groups excluding tert-OH is 8. The summed E-state index contributed by atoms with van der Waals surface area (Å²) in [6.45, 7) is -2.58. The normalized spacial score (nSPS) is 32.1. The lowest BCUT2D eigenvalue weighted by molar-refractivity contribution is -0.378. The summed E-state index contributed by atoms with van der Waals surface area (Å²) < 4.78 is 73.1. The first-order valence-corrected chi connectivity index (χ1v) is 27.8. The summed E-state index contributed by atoms with van der Waals surface area (Å²) in [5.41, 5.74) is -0.0990. The number of esters is 5. The van der Waals surface area contributed by atoms with Gasteiger partial charge in [0, 0.05) is 6.92 Å². The van der Waals surface area contributed by atoms with E-state index in [1.165, 1.54) is 97.1 Å². The molecule has 0 radical (unpaired) electrons. The van der Waals surface area contributed by atoms with Gasteiger partial charge in [0.15, 0.2) is 43.5 Å². The van der Waals surface area contributed by atoms with Crippen LogP contribution >= 0.6 is 0 Å². The standard InChI is InChI=1S/C61H65NO26/c1-31(65)62-41-44(68)47(86-60-46(70)45(69)42(66)37(27-63)80-60)38(28-64)81-59(41)88-49-43(67)39(29-77-53(71)32-17-7-2-8-18-32)82-61(52(49)85-57(75)36-25-15-6-16-26-36)87-48-40(30-78-54(72)33-19-9-3-10-20-33)79-58(76)51(84-56(74)35-23-13-5-14-24-35)50(48)83-55(73)34-21-11-4-12-22-34/h2-26,37-52,58-61,63-64,66-70,76H,27-30H2,1H3,(H,62,65). The Bertz CT molecular complexity index is 3100. The fourth-order valence-corrected chi connectivity index (χ4v) is 10.2. The van der Waals surface area contributed by atoms with Crippen LogP contribution in [0.15, 0.2) is 152 Å². The highest BCUT2D eigenvalue weighted by atomic mass is 16.8. The molecule has 4 fully saturated rings. The number of benzene rings is 5. The Morgan fingerprint density at radius 2 is 0.773 bits per heavy atom. The minimum absolute atomic E-state index is 0.0348. The number of hydrogen-bond donors (Lipinski definition) is 9. The van der Waals surface area contributed by atoms with Gasteiger partial charge in [-0.3, -0.25) is 4.79 Å². The molecule has 4 aliphatic rings. The summed E-state index contributed by atoms with van der Waals surface area (Å²) >= 11 is 0. The molecule has 0 saturated carbocycles. The van der Waals surface area contributed by atoms with Gasteiger partial charge in [0.05, 0.1) is 41.0 Å². The van der Waals surface area contributed by atoms with Gasteiger partial charge in [0.1, 0.15) is 92.5 Å². The number of rotatable bonds is 21. The van der Waals surface area contributed by atoms with E-state index in [1.807, 2.05) is 0 Å². The lowest BCUT2D eigenvalue weighted by atomic mass is 9.94. The summed E-state index contributed by atoms with van der Waals surface area (Å²) in [7, 11) is 0. The molecular weight excluding hydrogens is 1160 g/mol. The summed E-state index contributed by atoms with van der Waals surface area (Å²) in [6.07, 6.45) is -37.4. The van der Waals surface area contributed by atoms with Gasteiger partial charge in [0.2, 0.25) is 5.91 Å². The van der Waals surface area contributed by atoms with E-state index in [1.54, 1.807) is 54.6 Å². The molecule has 0 bridgehead atoms. The Balaban J connectivity index is 1.14. The third kappa shape index (κ3) is 15.4. The Hall–Kier alpha value is -7.68. The minimum atomic E-state index is -2.22. The average molecular weight is 1230 g/mol. The third-order valence-corrected chi connectivity index (χ3v) is 14.7. The van der Waals surface area contributed by atoms with E-state index in [9.17, 15) is 69.6 Å². The Kier molecular flexibility index (Phi) is 22.1. The van der Waals surface area contributed by atoms with E-state index in [0.717, 1.165) is 6.92 Å². The summed E-state index contributed by atoms with van der Waals surface area (Å²) in [4.78, 5) is 83.1. The number of nitrogens with one attached hydrogen (secondary N) is 1. The van der Waals surface area contributed by atoms with E-state index >= 15 is 0 Å². The molecule has 0 spiro atoms. The monoisotopic (exact) mass is 1230 g/mol. The first kappa shape index (κ1) is 64.8. The van der Waals surface area contributed by atoms with Gasteiger partial charge in [-0.2, -0.15) is 0 Å². The number of carbonyl (C=O) groups is 6. The van der Waals surface area contributed by atoms with E-state index in [4.69, 9.17) is 56.8 Å². The zero-order chi connectivity index (χ0) is 62.6. The van der Waals surface area contributed by atoms with Crippen LogP contribution in [0.1, 0.15) is 58.7 Å². The zero-order valence-corrected chi connectivity index (χ0v) is 46.7. The predicted octanol–water partition coefficient (Wildman–Crippen LogP) is -0.281. The van der Waals surface area contributed by atoms with Gasteiger partial charge >= 0.3 is 29.8 Å². The molecule has 9 N–H and O–H groups in total. The first-order valence-electron chi connectivity index (χ1n) is 27.8. The average Bonchev–Trinajstić information content (AvgIpc) is 1.27. The van der Waals surface area contributed by atoms with Crippen LogP contribution in [-0.2, 0) is 61.6 Å². The molecule has 20 unspecified atom stereocenters. The van der Waals surface area contributed by atoms with Crippen molar-refractivity contribution in [3.63, 3.8) is 0 Å². The Morgan fingerprint density at radius 1 is 0.375 bits per heavy atom. The van der Waals surface area contributed by atoms with Crippen LogP contribution in [0.25, 0.3) is 0 Å². The molecule has 5 aromatic rings. The molecular formula is C61H65NO26. The number of aliphatic hydroxyl groups is 8.